The van der Waals surface area contributed by atoms with E-state index in [4.69, 9.17) is 0 Å². The largest absolute Gasteiger partial charge is 0.0617 e. The SMILES string of the molecule is Cc1cccc(CCCCCc2cccc(C)c2)c1. The zero-order chi connectivity index (χ0) is 13.5. The van der Waals surface area contributed by atoms with Crippen molar-refractivity contribution in [1.82, 2.24) is 0 Å². The molecule has 0 saturated heterocycles. The quantitative estimate of drug-likeness (QED) is 0.615. The van der Waals surface area contributed by atoms with E-state index in [0.717, 1.165) is 0 Å². The first-order chi connectivity index (χ1) is 9.24. The van der Waals surface area contributed by atoms with Gasteiger partial charge in [0.25, 0.3) is 0 Å². The summed E-state index contributed by atoms with van der Waals surface area (Å²) in [4.78, 5) is 0. The van der Waals surface area contributed by atoms with E-state index in [1.165, 1.54) is 54.4 Å². The third kappa shape index (κ3) is 4.90. The molecule has 0 amide bonds. The molecule has 0 aliphatic rings. The van der Waals surface area contributed by atoms with Gasteiger partial charge in [0, 0.05) is 0 Å². The molecule has 19 heavy (non-hydrogen) atoms. The van der Waals surface area contributed by atoms with Crippen LogP contribution in [0.4, 0.5) is 0 Å². The second kappa shape index (κ2) is 7.13. The van der Waals surface area contributed by atoms with Crippen LogP contribution >= 0.6 is 0 Å². The number of benzene rings is 2. The molecule has 2 aromatic rings. The average Bonchev–Trinajstić information content (AvgIpc) is 2.38. The highest BCUT2D eigenvalue weighted by atomic mass is 14.0. The highest BCUT2D eigenvalue weighted by Gasteiger charge is 1.96. The molecule has 0 unspecified atom stereocenters. The summed E-state index contributed by atoms with van der Waals surface area (Å²) in [5.74, 6) is 0. The number of hydrogen-bond acceptors (Lipinski definition) is 0. The first kappa shape index (κ1) is 13.9. The van der Waals surface area contributed by atoms with Gasteiger partial charge in [-0.05, 0) is 50.7 Å². The summed E-state index contributed by atoms with van der Waals surface area (Å²) in [5, 5.41) is 0. The molecule has 0 heteroatoms. The van der Waals surface area contributed by atoms with Crippen molar-refractivity contribution in [2.24, 2.45) is 0 Å². The second-order valence-electron chi connectivity index (χ2n) is 5.54. The lowest BCUT2D eigenvalue weighted by Gasteiger charge is -2.04. The van der Waals surface area contributed by atoms with Crippen LogP contribution in [0.1, 0.15) is 41.5 Å². The van der Waals surface area contributed by atoms with Gasteiger partial charge in [-0.15, -0.1) is 0 Å². The van der Waals surface area contributed by atoms with Crippen LogP contribution in [0.5, 0.6) is 0 Å². The smallest absolute Gasteiger partial charge is 0.0279 e. The van der Waals surface area contributed by atoms with Crippen molar-refractivity contribution in [3.05, 3.63) is 70.8 Å². The predicted octanol–water partition coefficient (Wildman–Crippen LogP) is 5.26. The Kier molecular flexibility index (Phi) is 5.20. The molecule has 0 aromatic heterocycles. The molecule has 2 aromatic carbocycles. The average molecular weight is 252 g/mol. The summed E-state index contributed by atoms with van der Waals surface area (Å²) in [6, 6.07) is 17.8. The molecule has 0 fully saturated rings. The Morgan fingerprint density at radius 2 is 1.11 bits per heavy atom. The fourth-order valence-electron chi connectivity index (χ4n) is 2.57. The zero-order valence-corrected chi connectivity index (χ0v) is 12.2. The number of unbranched alkanes of at least 4 members (excludes halogenated alkanes) is 2. The van der Waals surface area contributed by atoms with Gasteiger partial charge in [-0.3, -0.25) is 0 Å². The van der Waals surface area contributed by atoms with Crippen LogP contribution < -0.4 is 0 Å². The Labute approximate surface area is 117 Å². The summed E-state index contributed by atoms with van der Waals surface area (Å²) >= 11 is 0. The molecule has 0 bridgehead atoms. The van der Waals surface area contributed by atoms with Crippen LogP contribution in [-0.4, -0.2) is 0 Å². The molecule has 0 radical (unpaired) electrons. The Bertz CT molecular complexity index is 463. The van der Waals surface area contributed by atoms with Gasteiger partial charge in [0.15, 0.2) is 0 Å². The number of hydrogen-bond donors (Lipinski definition) is 0. The number of rotatable bonds is 6. The lowest BCUT2D eigenvalue weighted by Crippen LogP contribution is -1.89. The van der Waals surface area contributed by atoms with Crippen molar-refractivity contribution in [1.29, 1.82) is 0 Å². The van der Waals surface area contributed by atoms with Gasteiger partial charge in [0.2, 0.25) is 0 Å². The third-order valence-electron chi connectivity index (χ3n) is 3.60. The predicted molar refractivity (Wildman–Crippen MR) is 83.6 cm³/mol. The molecule has 0 atom stereocenters. The Morgan fingerprint density at radius 1 is 0.632 bits per heavy atom. The molecule has 0 spiro atoms. The van der Waals surface area contributed by atoms with E-state index in [9.17, 15) is 0 Å². The van der Waals surface area contributed by atoms with E-state index in [2.05, 4.69) is 62.4 Å². The van der Waals surface area contributed by atoms with E-state index >= 15 is 0 Å². The van der Waals surface area contributed by atoms with Crippen LogP contribution in [0.2, 0.25) is 0 Å². The molecular formula is C19H24. The molecule has 0 nitrogen and oxygen atoms in total. The summed E-state index contributed by atoms with van der Waals surface area (Å²) in [6.07, 6.45) is 6.36. The normalized spacial score (nSPS) is 10.6. The van der Waals surface area contributed by atoms with Crippen LogP contribution in [0, 0.1) is 13.8 Å². The third-order valence-corrected chi connectivity index (χ3v) is 3.60. The van der Waals surface area contributed by atoms with E-state index in [-0.39, 0.29) is 0 Å². The van der Waals surface area contributed by atoms with Crippen LogP contribution in [0.3, 0.4) is 0 Å². The van der Waals surface area contributed by atoms with Gasteiger partial charge in [-0.25, -0.2) is 0 Å². The maximum atomic E-state index is 2.31. The van der Waals surface area contributed by atoms with Gasteiger partial charge in [-0.1, -0.05) is 66.1 Å². The zero-order valence-electron chi connectivity index (χ0n) is 12.2. The van der Waals surface area contributed by atoms with Crippen LogP contribution in [-0.2, 0) is 12.8 Å². The monoisotopic (exact) mass is 252 g/mol. The van der Waals surface area contributed by atoms with E-state index < -0.39 is 0 Å². The van der Waals surface area contributed by atoms with Crippen LogP contribution in [0.15, 0.2) is 48.5 Å². The van der Waals surface area contributed by atoms with Crippen molar-refractivity contribution >= 4 is 0 Å². The Hall–Kier alpha value is -1.56. The summed E-state index contributed by atoms with van der Waals surface area (Å²) < 4.78 is 0. The molecule has 0 heterocycles. The summed E-state index contributed by atoms with van der Waals surface area (Å²) in [6.45, 7) is 4.34. The Balaban J connectivity index is 1.67. The molecule has 0 saturated carbocycles. The molecule has 0 N–H and O–H groups in total. The minimum atomic E-state index is 1.22. The molecule has 0 aliphatic heterocycles. The lowest BCUT2D eigenvalue weighted by molar-refractivity contribution is 0.678. The second-order valence-corrected chi connectivity index (χ2v) is 5.54. The standard InChI is InChI=1S/C19H24/c1-16-8-6-12-18(14-16)10-4-3-5-11-19-13-7-9-17(2)15-19/h6-9,12-15H,3-5,10-11H2,1-2H3. The van der Waals surface area contributed by atoms with Crippen molar-refractivity contribution in [3.8, 4) is 0 Å². The van der Waals surface area contributed by atoms with Crippen LogP contribution in [0.25, 0.3) is 0 Å². The van der Waals surface area contributed by atoms with Crippen molar-refractivity contribution in [2.75, 3.05) is 0 Å². The maximum Gasteiger partial charge on any atom is -0.0279 e. The van der Waals surface area contributed by atoms with Crippen molar-refractivity contribution in [3.63, 3.8) is 0 Å². The number of aryl methyl sites for hydroxylation is 4. The molecule has 100 valence electrons. The van der Waals surface area contributed by atoms with E-state index in [1.807, 2.05) is 0 Å². The molecule has 2 rings (SSSR count). The van der Waals surface area contributed by atoms with Gasteiger partial charge >= 0.3 is 0 Å². The first-order valence-corrected chi connectivity index (χ1v) is 7.35. The minimum absolute atomic E-state index is 1.22. The fraction of sp³-hybridized carbons (Fsp3) is 0.368. The van der Waals surface area contributed by atoms with E-state index in [0.29, 0.717) is 0 Å². The van der Waals surface area contributed by atoms with Gasteiger partial charge in [0.05, 0.1) is 0 Å². The summed E-state index contributed by atoms with van der Waals surface area (Å²) in [5.41, 5.74) is 5.71. The highest BCUT2D eigenvalue weighted by molar-refractivity contribution is 5.23. The summed E-state index contributed by atoms with van der Waals surface area (Å²) in [7, 11) is 0. The maximum absolute atomic E-state index is 2.31. The highest BCUT2D eigenvalue weighted by Crippen LogP contribution is 2.12. The minimum Gasteiger partial charge on any atom is -0.0617 e. The van der Waals surface area contributed by atoms with Gasteiger partial charge in [-0.2, -0.15) is 0 Å². The first-order valence-electron chi connectivity index (χ1n) is 7.35. The van der Waals surface area contributed by atoms with Crippen molar-refractivity contribution < 1.29 is 0 Å². The van der Waals surface area contributed by atoms with Crippen molar-refractivity contribution in [2.45, 2.75) is 46.0 Å². The van der Waals surface area contributed by atoms with Gasteiger partial charge in [0.1, 0.15) is 0 Å². The Morgan fingerprint density at radius 3 is 1.53 bits per heavy atom. The molecular weight excluding hydrogens is 228 g/mol. The topological polar surface area (TPSA) is 0 Å². The molecule has 0 aliphatic carbocycles. The van der Waals surface area contributed by atoms with E-state index in [1.54, 1.807) is 0 Å². The van der Waals surface area contributed by atoms with Gasteiger partial charge < -0.3 is 0 Å². The fourth-order valence-corrected chi connectivity index (χ4v) is 2.57. The lowest BCUT2D eigenvalue weighted by atomic mass is 10.0.